The maximum Gasteiger partial charge on any atom is 0.211 e. The molecule has 2 aromatic rings. The maximum atomic E-state index is 12.0. The Balaban J connectivity index is 2.02. The van der Waals surface area contributed by atoms with Crippen LogP contribution in [-0.4, -0.2) is 45.3 Å². The minimum atomic E-state index is -3.24. The molecule has 0 bridgehead atoms. The largest absolute Gasteiger partial charge is 0.263 e. The van der Waals surface area contributed by atoms with Crippen LogP contribution in [0.15, 0.2) is 18.3 Å². The molecule has 1 aliphatic heterocycles. The van der Waals surface area contributed by atoms with Crippen LogP contribution in [-0.2, 0) is 16.6 Å². The van der Waals surface area contributed by atoms with Gasteiger partial charge in [0.1, 0.15) is 5.82 Å². The summed E-state index contributed by atoms with van der Waals surface area (Å²) in [5.74, 6) is 0.645. The number of rotatable bonds is 5. The Morgan fingerprint density at radius 1 is 1.33 bits per heavy atom. The quantitative estimate of drug-likeness (QED) is 0.826. The van der Waals surface area contributed by atoms with E-state index in [9.17, 15) is 8.42 Å². The van der Waals surface area contributed by atoms with Gasteiger partial charge in [0, 0.05) is 19.3 Å². The van der Waals surface area contributed by atoms with Crippen molar-refractivity contribution in [3.63, 3.8) is 0 Å². The predicted molar refractivity (Wildman–Crippen MR) is 91.8 cm³/mol. The van der Waals surface area contributed by atoms with Crippen molar-refractivity contribution < 1.29 is 8.42 Å². The van der Waals surface area contributed by atoms with Crippen LogP contribution in [0.4, 0.5) is 0 Å². The van der Waals surface area contributed by atoms with Gasteiger partial charge in [-0.25, -0.2) is 18.4 Å². The Kier molecular flexibility index (Phi) is 4.69. The van der Waals surface area contributed by atoms with E-state index in [0.29, 0.717) is 12.4 Å². The molecule has 1 saturated heterocycles. The van der Waals surface area contributed by atoms with Crippen LogP contribution >= 0.6 is 0 Å². The zero-order valence-electron chi connectivity index (χ0n) is 14.3. The molecule has 0 aromatic carbocycles. The van der Waals surface area contributed by atoms with Crippen LogP contribution in [0.2, 0.25) is 0 Å². The van der Waals surface area contributed by atoms with Crippen molar-refractivity contribution >= 4 is 10.0 Å². The van der Waals surface area contributed by atoms with Crippen LogP contribution in [0.1, 0.15) is 43.7 Å². The van der Waals surface area contributed by atoms with E-state index in [-0.39, 0.29) is 6.04 Å². The first kappa shape index (κ1) is 17.0. The van der Waals surface area contributed by atoms with Gasteiger partial charge in [0.2, 0.25) is 10.0 Å². The van der Waals surface area contributed by atoms with Crippen molar-refractivity contribution in [2.24, 2.45) is 0 Å². The molecule has 130 valence electrons. The van der Waals surface area contributed by atoms with Gasteiger partial charge in [0.15, 0.2) is 0 Å². The van der Waals surface area contributed by atoms with Crippen LogP contribution in [0.5, 0.6) is 0 Å². The van der Waals surface area contributed by atoms with Gasteiger partial charge < -0.3 is 0 Å². The molecule has 0 N–H and O–H groups in total. The monoisotopic (exact) mass is 349 g/mol. The SMILES string of the molecule is CCCn1nccc1-c1cc([C@H]2CCCN2S(C)(=O)=O)nc(C)n1. The van der Waals surface area contributed by atoms with Crippen molar-refractivity contribution in [1.82, 2.24) is 24.1 Å². The zero-order chi connectivity index (χ0) is 17.3. The molecule has 0 aliphatic carbocycles. The second-order valence-corrected chi connectivity index (χ2v) is 8.13. The minimum Gasteiger partial charge on any atom is -0.263 e. The highest BCUT2D eigenvalue weighted by atomic mass is 32.2. The first-order chi connectivity index (χ1) is 11.4. The van der Waals surface area contributed by atoms with Crippen molar-refractivity contribution in [2.75, 3.05) is 12.8 Å². The van der Waals surface area contributed by atoms with Gasteiger partial charge in [-0.1, -0.05) is 6.92 Å². The van der Waals surface area contributed by atoms with Gasteiger partial charge in [-0.3, -0.25) is 4.68 Å². The number of sulfonamides is 1. The zero-order valence-corrected chi connectivity index (χ0v) is 15.1. The molecule has 3 rings (SSSR count). The fourth-order valence-electron chi connectivity index (χ4n) is 3.27. The molecule has 1 aliphatic rings. The second kappa shape index (κ2) is 6.60. The van der Waals surface area contributed by atoms with E-state index in [1.54, 1.807) is 10.5 Å². The van der Waals surface area contributed by atoms with Gasteiger partial charge in [-0.15, -0.1) is 0 Å². The lowest BCUT2D eigenvalue weighted by Gasteiger charge is -2.22. The molecule has 0 amide bonds. The first-order valence-corrected chi connectivity index (χ1v) is 10.1. The summed E-state index contributed by atoms with van der Waals surface area (Å²) in [5.41, 5.74) is 2.50. The number of aromatic nitrogens is 4. The standard InChI is InChI=1S/C16H23N5O2S/c1-4-9-20-15(7-8-17-20)13-11-14(19-12(2)18-13)16-6-5-10-21(16)24(3,22)23/h7-8,11,16H,4-6,9-10H2,1-3H3/t16-/m1/s1. The van der Waals surface area contributed by atoms with Gasteiger partial charge in [0.25, 0.3) is 0 Å². The van der Waals surface area contributed by atoms with E-state index >= 15 is 0 Å². The fourth-order valence-corrected chi connectivity index (χ4v) is 4.40. The molecule has 8 heteroatoms. The van der Waals surface area contributed by atoms with Crippen molar-refractivity contribution in [1.29, 1.82) is 0 Å². The van der Waals surface area contributed by atoms with E-state index in [4.69, 9.17) is 0 Å². The molecule has 0 spiro atoms. The average molecular weight is 349 g/mol. The molecule has 0 saturated carbocycles. The van der Waals surface area contributed by atoms with Gasteiger partial charge >= 0.3 is 0 Å². The maximum absolute atomic E-state index is 12.0. The van der Waals surface area contributed by atoms with Gasteiger partial charge in [0.05, 0.1) is 29.4 Å². The lowest BCUT2D eigenvalue weighted by molar-refractivity contribution is 0.393. The Hall–Kier alpha value is -1.80. The fraction of sp³-hybridized carbons (Fsp3) is 0.562. The van der Waals surface area contributed by atoms with E-state index < -0.39 is 10.0 Å². The summed E-state index contributed by atoms with van der Waals surface area (Å²) in [6.07, 6.45) is 5.65. The van der Waals surface area contributed by atoms with Crippen molar-refractivity contribution in [3.05, 3.63) is 29.8 Å². The topological polar surface area (TPSA) is 81.0 Å². The molecule has 1 fully saturated rings. The summed E-state index contributed by atoms with van der Waals surface area (Å²) in [7, 11) is -3.24. The van der Waals surface area contributed by atoms with Crippen molar-refractivity contribution in [2.45, 2.75) is 45.7 Å². The summed E-state index contributed by atoms with van der Waals surface area (Å²) in [6.45, 7) is 5.31. The van der Waals surface area contributed by atoms with Crippen LogP contribution < -0.4 is 0 Å². The summed E-state index contributed by atoms with van der Waals surface area (Å²) in [6, 6.07) is 3.64. The predicted octanol–water partition coefficient (Wildman–Crippen LogP) is 2.16. The minimum absolute atomic E-state index is 0.206. The third kappa shape index (κ3) is 3.34. The molecule has 7 nitrogen and oxygen atoms in total. The Labute approximate surface area is 142 Å². The lowest BCUT2D eigenvalue weighted by Crippen LogP contribution is -2.30. The number of hydrogen-bond acceptors (Lipinski definition) is 5. The number of hydrogen-bond donors (Lipinski definition) is 0. The molecule has 2 aromatic heterocycles. The highest BCUT2D eigenvalue weighted by molar-refractivity contribution is 7.88. The van der Waals surface area contributed by atoms with E-state index in [2.05, 4.69) is 22.0 Å². The van der Waals surface area contributed by atoms with Crippen LogP contribution in [0.3, 0.4) is 0 Å². The Morgan fingerprint density at radius 3 is 2.83 bits per heavy atom. The number of nitrogens with zero attached hydrogens (tertiary/aromatic N) is 5. The summed E-state index contributed by atoms with van der Waals surface area (Å²) in [5, 5.41) is 4.34. The first-order valence-electron chi connectivity index (χ1n) is 8.24. The van der Waals surface area contributed by atoms with Gasteiger partial charge in [-0.05, 0) is 38.3 Å². The van der Waals surface area contributed by atoms with Crippen LogP contribution in [0, 0.1) is 6.92 Å². The Bertz CT molecular complexity index is 831. The Morgan fingerprint density at radius 2 is 2.12 bits per heavy atom. The lowest BCUT2D eigenvalue weighted by atomic mass is 10.1. The van der Waals surface area contributed by atoms with Crippen LogP contribution in [0.25, 0.3) is 11.4 Å². The van der Waals surface area contributed by atoms with E-state index in [0.717, 1.165) is 42.9 Å². The highest BCUT2D eigenvalue weighted by Crippen LogP contribution is 2.34. The average Bonchev–Trinajstić information content (AvgIpc) is 3.15. The highest BCUT2D eigenvalue weighted by Gasteiger charge is 2.34. The molecule has 0 unspecified atom stereocenters. The summed E-state index contributed by atoms with van der Waals surface area (Å²) in [4.78, 5) is 9.06. The van der Waals surface area contributed by atoms with E-state index in [1.165, 1.54) is 6.26 Å². The summed E-state index contributed by atoms with van der Waals surface area (Å²) < 4.78 is 27.5. The number of aryl methyl sites for hydroxylation is 2. The molecule has 24 heavy (non-hydrogen) atoms. The molecular formula is C16H23N5O2S. The molecular weight excluding hydrogens is 326 g/mol. The third-order valence-electron chi connectivity index (χ3n) is 4.24. The van der Waals surface area contributed by atoms with E-state index in [1.807, 2.05) is 23.7 Å². The van der Waals surface area contributed by atoms with Crippen molar-refractivity contribution in [3.8, 4) is 11.4 Å². The van der Waals surface area contributed by atoms with Gasteiger partial charge in [-0.2, -0.15) is 9.40 Å². The third-order valence-corrected chi connectivity index (χ3v) is 5.53. The summed E-state index contributed by atoms with van der Waals surface area (Å²) >= 11 is 0. The second-order valence-electron chi connectivity index (χ2n) is 6.20. The smallest absolute Gasteiger partial charge is 0.211 e. The molecule has 3 heterocycles. The normalized spacial score (nSPS) is 19.0. The molecule has 1 atom stereocenters. The molecule has 0 radical (unpaired) electrons.